The fraction of sp³-hybridized carbons (Fsp3) is 0.133. The van der Waals surface area contributed by atoms with Crippen LogP contribution >= 0.6 is 27.7 Å². The molecule has 2 aromatic rings. The topological polar surface area (TPSA) is 17.1 Å². The smallest absolute Gasteiger partial charge is 0.293 e. The number of hydrogen-bond donors (Lipinski definition) is 0. The third kappa shape index (κ3) is 4.35. The molecule has 0 fully saturated rings. The Kier molecular flexibility index (Phi) is 5.11. The molecule has 0 saturated heterocycles. The number of halogens is 4. The molecule has 2 aromatic carbocycles. The number of benzene rings is 2. The second-order valence-corrected chi connectivity index (χ2v) is 6.09. The molecule has 0 amide bonds. The normalized spacial score (nSPS) is 11.4. The summed E-state index contributed by atoms with van der Waals surface area (Å²) in [4.78, 5) is 12.9. The molecular weight excluding hydrogens is 365 g/mol. The van der Waals surface area contributed by atoms with Gasteiger partial charge in [0.1, 0.15) is 0 Å². The average molecular weight is 375 g/mol. The molecule has 0 bridgehead atoms. The molecule has 21 heavy (non-hydrogen) atoms. The van der Waals surface area contributed by atoms with Crippen molar-refractivity contribution in [2.75, 3.05) is 5.75 Å². The molecule has 0 heterocycles. The Morgan fingerprint density at radius 2 is 1.67 bits per heavy atom. The van der Waals surface area contributed by atoms with E-state index in [4.69, 9.17) is 0 Å². The van der Waals surface area contributed by atoms with Crippen LogP contribution in [0.4, 0.5) is 13.2 Å². The van der Waals surface area contributed by atoms with Crippen LogP contribution in [0.25, 0.3) is 0 Å². The molecular formula is C15H10BrF3OS. The average Bonchev–Trinajstić information content (AvgIpc) is 2.45. The lowest BCUT2D eigenvalue weighted by molar-refractivity contribution is -0.137. The highest BCUT2D eigenvalue weighted by Gasteiger charge is 2.30. The maximum atomic E-state index is 12.4. The van der Waals surface area contributed by atoms with E-state index >= 15 is 0 Å². The lowest BCUT2D eigenvalue weighted by Crippen LogP contribution is -2.07. The van der Waals surface area contributed by atoms with Crippen molar-refractivity contribution in [3.63, 3.8) is 0 Å². The van der Waals surface area contributed by atoms with Gasteiger partial charge in [0.15, 0.2) is 5.78 Å². The van der Waals surface area contributed by atoms with Crippen molar-refractivity contribution in [2.24, 2.45) is 0 Å². The van der Waals surface area contributed by atoms with E-state index in [0.29, 0.717) is 0 Å². The standard InChI is InChI=1S/C15H10BrF3OS/c16-12-3-1-2-4-14(12)21-9-13(20)10-5-7-11(8-6-10)15(17,18)19/h1-8H,9H2. The molecule has 0 aromatic heterocycles. The van der Waals surface area contributed by atoms with Crippen LogP contribution in [0.1, 0.15) is 15.9 Å². The van der Waals surface area contributed by atoms with E-state index in [9.17, 15) is 18.0 Å². The first-order valence-electron chi connectivity index (χ1n) is 5.96. The number of carbonyl (C=O) groups excluding carboxylic acids is 1. The second kappa shape index (κ2) is 6.66. The summed E-state index contributed by atoms with van der Waals surface area (Å²) in [5, 5.41) is 0. The summed E-state index contributed by atoms with van der Waals surface area (Å²) < 4.78 is 38.2. The zero-order chi connectivity index (χ0) is 15.5. The van der Waals surface area contributed by atoms with Gasteiger partial charge in [-0.2, -0.15) is 13.2 Å². The number of ketones is 1. The highest BCUT2D eigenvalue weighted by atomic mass is 79.9. The Bertz CT molecular complexity index is 638. The summed E-state index contributed by atoms with van der Waals surface area (Å²) in [6.07, 6.45) is -4.38. The molecule has 0 N–H and O–H groups in total. The Morgan fingerprint density at radius 3 is 2.24 bits per heavy atom. The van der Waals surface area contributed by atoms with Crippen LogP contribution in [0, 0.1) is 0 Å². The van der Waals surface area contributed by atoms with Crippen LogP contribution in [0.5, 0.6) is 0 Å². The van der Waals surface area contributed by atoms with E-state index in [0.717, 1.165) is 21.5 Å². The quantitative estimate of drug-likeness (QED) is 0.523. The first-order valence-corrected chi connectivity index (χ1v) is 7.73. The third-order valence-corrected chi connectivity index (χ3v) is 4.76. The first kappa shape index (κ1) is 16.1. The third-order valence-electron chi connectivity index (χ3n) is 2.73. The summed E-state index contributed by atoms with van der Waals surface area (Å²) in [6, 6.07) is 11.7. The summed E-state index contributed by atoms with van der Waals surface area (Å²) in [7, 11) is 0. The SMILES string of the molecule is O=C(CSc1ccccc1Br)c1ccc(C(F)(F)F)cc1. The molecule has 0 radical (unpaired) electrons. The fourth-order valence-corrected chi connectivity index (χ4v) is 3.10. The molecule has 2 rings (SSSR count). The highest BCUT2D eigenvalue weighted by molar-refractivity contribution is 9.10. The van der Waals surface area contributed by atoms with E-state index in [1.54, 1.807) is 0 Å². The van der Waals surface area contributed by atoms with E-state index in [1.165, 1.54) is 23.9 Å². The molecule has 110 valence electrons. The molecule has 1 nitrogen and oxygen atoms in total. The van der Waals surface area contributed by atoms with E-state index in [-0.39, 0.29) is 17.1 Å². The van der Waals surface area contributed by atoms with Gasteiger partial charge in [-0.15, -0.1) is 11.8 Å². The van der Waals surface area contributed by atoms with E-state index < -0.39 is 11.7 Å². The van der Waals surface area contributed by atoms with Crippen LogP contribution in [0.3, 0.4) is 0 Å². The van der Waals surface area contributed by atoms with Gasteiger partial charge in [0.05, 0.1) is 11.3 Å². The summed E-state index contributed by atoms with van der Waals surface area (Å²) in [5.74, 6) is -0.0296. The van der Waals surface area contributed by atoms with Crippen LogP contribution in [0.2, 0.25) is 0 Å². The van der Waals surface area contributed by atoms with Gasteiger partial charge in [-0.05, 0) is 40.2 Å². The summed E-state index contributed by atoms with van der Waals surface area (Å²) in [6.45, 7) is 0. The van der Waals surface area contributed by atoms with Crippen LogP contribution in [0.15, 0.2) is 57.9 Å². The first-order chi connectivity index (χ1) is 9.88. The Labute approximate surface area is 132 Å². The minimum absolute atomic E-state index is 0.175. The van der Waals surface area contributed by atoms with Crippen molar-refractivity contribution in [3.8, 4) is 0 Å². The van der Waals surface area contributed by atoms with Crippen molar-refractivity contribution in [3.05, 3.63) is 64.1 Å². The maximum absolute atomic E-state index is 12.4. The molecule has 6 heteroatoms. The molecule has 0 unspecified atom stereocenters. The summed E-state index contributed by atoms with van der Waals surface area (Å²) in [5.41, 5.74) is -0.472. The van der Waals surface area contributed by atoms with Gasteiger partial charge in [0.2, 0.25) is 0 Å². The van der Waals surface area contributed by atoms with Gasteiger partial charge in [0.25, 0.3) is 0 Å². The van der Waals surface area contributed by atoms with Crippen LogP contribution in [-0.2, 0) is 6.18 Å². The lowest BCUT2D eigenvalue weighted by Gasteiger charge is -2.07. The highest BCUT2D eigenvalue weighted by Crippen LogP contribution is 2.30. The van der Waals surface area contributed by atoms with Crippen molar-refractivity contribution in [2.45, 2.75) is 11.1 Å². The van der Waals surface area contributed by atoms with Crippen molar-refractivity contribution < 1.29 is 18.0 Å². The maximum Gasteiger partial charge on any atom is 0.416 e. The molecule has 0 aliphatic carbocycles. The van der Waals surface area contributed by atoms with E-state index in [1.807, 2.05) is 24.3 Å². The monoisotopic (exact) mass is 374 g/mol. The van der Waals surface area contributed by atoms with Crippen molar-refractivity contribution >= 4 is 33.5 Å². The Hall–Kier alpha value is -1.27. The fourth-order valence-electron chi connectivity index (χ4n) is 1.63. The Balaban J connectivity index is 2.03. The van der Waals surface area contributed by atoms with Gasteiger partial charge in [0, 0.05) is 14.9 Å². The largest absolute Gasteiger partial charge is 0.416 e. The molecule has 0 saturated carbocycles. The zero-order valence-electron chi connectivity index (χ0n) is 10.7. The number of thioether (sulfide) groups is 1. The van der Waals surface area contributed by atoms with Crippen LogP contribution < -0.4 is 0 Å². The van der Waals surface area contributed by atoms with Crippen molar-refractivity contribution in [1.82, 2.24) is 0 Å². The van der Waals surface area contributed by atoms with Crippen molar-refractivity contribution in [1.29, 1.82) is 0 Å². The number of hydrogen-bond acceptors (Lipinski definition) is 2. The van der Waals surface area contributed by atoms with Gasteiger partial charge in [-0.25, -0.2) is 0 Å². The van der Waals surface area contributed by atoms with Gasteiger partial charge in [-0.1, -0.05) is 24.3 Å². The summed E-state index contributed by atoms with van der Waals surface area (Å²) >= 11 is 4.72. The predicted octanol–water partition coefficient (Wildman–Crippen LogP) is 5.44. The molecule has 0 atom stereocenters. The van der Waals surface area contributed by atoms with Gasteiger partial charge < -0.3 is 0 Å². The number of carbonyl (C=O) groups is 1. The molecule has 0 aliphatic rings. The van der Waals surface area contributed by atoms with Crippen LogP contribution in [-0.4, -0.2) is 11.5 Å². The predicted molar refractivity (Wildman–Crippen MR) is 80.6 cm³/mol. The van der Waals surface area contributed by atoms with Gasteiger partial charge in [-0.3, -0.25) is 4.79 Å². The molecule has 0 aliphatic heterocycles. The van der Waals surface area contributed by atoms with Gasteiger partial charge >= 0.3 is 6.18 Å². The number of rotatable bonds is 4. The molecule has 0 spiro atoms. The zero-order valence-corrected chi connectivity index (χ0v) is 13.1. The number of alkyl halides is 3. The minimum atomic E-state index is -4.38. The number of Topliss-reactive ketones (excluding diaryl/α,β-unsaturated/α-hetero) is 1. The minimum Gasteiger partial charge on any atom is -0.293 e. The van der Waals surface area contributed by atoms with E-state index in [2.05, 4.69) is 15.9 Å². The Morgan fingerprint density at radius 1 is 1.05 bits per heavy atom. The lowest BCUT2D eigenvalue weighted by atomic mass is 10.1. The second-order valence-electron chi connectivity index (χ2n) is 4.22.